The SMILES string of the molecule is C[Si](C)(C)CCOCn1nncc1COS(C)(=O)=O. The normalized spacial score (nSPS) is 12.8. The van der Waals surface area contributed by atoms with Gasteiger partial charge in [-0.25, -0.2) is 4.68 Å². The van der Waals surface area contributed by atoms with Gasteiger partial charge in [-0.3, -0.25) is 4.18 Å². The van der Waals surface area contributed by atoms with Crippen LogP contribution in [0.15, 0.2) is 6.20 Å². The molecule has 9 heteroatoms. The van der Waals surface area contributed by atoms with Gasteiger partial charge < -0.3 is 4.74 Å². The van der Waals surface area contributed by atoms with Crippen LogP contribution in [-0.4, -0.2) is 44.3 Å². The highest BCUT2D eigenvalue weighted by Crippen LogP contribution is 2.08. The first kappa shape index (κ1) is 16.3. The molecule has 0 aliphatic carbocycles. The molecule has 0 atom stereocenters. The lowest BCUT2D eigenvalue weighted by atomic mass is 10.5. The molecule has 0 aromatic carbocycles. The Morgan fingerprint density at radius 3 is 2.63 bits per heavy atom. The van der Waals surface area contributed by atoms with Gasteiger partial charge >= 0.3 is 0 Å². The molecule has 0 saturated heterocycles. The Balaban J connectivity index is 2.41. The molecule has 0 aliphatic rings. The van der Waals surface area contributed by atoms with Crippen molar-refractivity contribution in [1.82, 2.24) is 15.0 Å². The maximum absolute atomic E-state index is 10.9. The van der Waals surface area contributed by atoms with Gasteiger partial charge in [0.05, 0.1) is 18.1 Å². The molecule has 0 bridgehead atoms. The van der Waals surface area contributed by atoms with Crippen LogP contribution in [0.25, 0.3) is 0 Å². The number of rotatable bonds is 8. The number of nitrogens with zero attached hydrogens (tertiary/aromatic N) is 3. The van der Waals surface area contributed by atoms with E-state index >= 15 is 0 Å². The molecule has 0 unspecified atom stereocenters. The highest BCUT2D eigenvalue weighted by Gasteiger charge is 2.13. The lowest BCUT2D eigenvalue weighted by Crippen LogP contribution is -2.22. The number of hydrogen-bond donors (Lipinski definition) is 0. The van der Waals surface area contributed by atoms with Crippen LogP contribution in [0.2, 0.25) is 25.7 Å². The second-order valence-corrected chi connectivity index (χ2v) is 12.8. The minimum atomic E-state index is -3.47. The molecule has 0 spiro atoms. The molecular weight excluding hydrogens is 286 g/mol. The molecule has 19 heavy (non-hydrogen) atoms. The molecule has 1 aromatic rings. The third-order valence-electron chi connectivity index (χ3n) is 2.33. The first-order valence-electron chi connectivity index (χ1n) is 5.97. The topological polar surface area (TPSA) is 83.3 Å². The molecule has 0 aliphatic heterocycles. The van der Waals surface area contributed by atoms with Crippen LogP contribution in [0.1, 0.15) is 5.69 Å². The molecule has 0 fully saturated rings. The van der Waals surface area contributed by atoms with Crippen molar-refractivity contribution in [3.8, 4) is 0 Å². The Labute approximate surface area is 115 Å². The molecule has 0 N–H and O–H groups in total. The first-order valence-corrected chi connectivity index (χ1v) is 11.5. The highest BCUT2D eigenvalue weighted by atomic mass is 32.2. The summed E-state index contributed by atoms with van der Waals surface area (Å²) >= 11 is 0. The molecule has 1 rings (SSSR count). The molecule has 0 amide bonds. The summed E-state index contributed by atoms with van der Waals surface area (Å²) in [6, 6.07) is 1.07. The van der Waals surface area contributed by atoms with Gasteiger partial charge in [0.1, 0.15) is 13.3 Å². The number of hydrogen-bond acceptors (Lipinski definition) is 6. The summed E-state index contributed by atoms with van der Waals surface area (Å²) < 4.78 is 33.5. The largest absolute Gasteiger partial charge is 0.359 e. The average molecular weight is 307 g/mol. The van der Waals surface area contributed by atoms with Crippen LogP contribution in [0.5, 0.6) is 0 Å². The van der Waals surface area contributed by atoms with Crippen molar-refractivity contribution < 1.29 is 17.3 Å². The van der Waals surface area contributed by atoms with Crippen molar-refractivity contribution in [3.05, 3.63) is 11.9 Å². The molecule has 1 heterocycles. The zero-order valence-corrected chi connectivity index (χ0v) is 13.6. The summed E-state index contributed by atoms with van der Waals surface area (Å²) in [4.78, 5) is 0. The summed E-state index contributed by atoms with van der Waals surface area (Å²) in [5.41, 5.74) is 0.568. The fourth-order valence-electron chi connectivity index (χ4n) is 1.20. The zero-order valence-electron chi connectivity index (χ0n) is 11.8. The number of ether oxygens (including phenoxy) is 1. The highest BCUT2D eigenvalue weighted by molar-refractivity contribution is 7.85. The first-order chi connectivity index (χ1) is 8.67. The van der Waals surface area contributed by atoms with Crippen LogP contribution in [0.3, 0.4) is 0 Å². The summed E-state index contributed by atoms with van der Waals surface area (Å²) in [6.07, 6.45) is 2.47. The van der Waals surface area contributed by atoms with Crippen molar-refractivity contribution in [2.24, 2.45) is 0 Å². The van der Waals surface area contributed by atoms with E-state index in [9.17, 15) is 8.42 Å². The second-order valence-electron chi connectivity index (χ2n) is 5.54. The van der Waals surface area contributed by atoms with Crippen molar-refractivity contribution in [1.29, 1.82) is 0 Å². The van der Waals surface area contributed by atoms with Gasteiger partial charge in [0.25, 0.3) is 10.1 Å². The standard InChI is InChI=1S/C10H21N3O4SSi/c1-18(14,15)17-8-10-7-11-12-13(10)9-16-5-6-19(2,3)4/h7H,5-6,8-9H2,1-4H3. The third-order valence-corrected chi connectivity index (χ3v) is 4.58. The van der Waals surface area contributed by atoms with E-state index in [4.69, 9.17) is 8.92 Å². The molecule has 110 valence electrons. The van der Waals surface area contributed by atoms with Gasteiger partial charge in [0.2, 0.25) is 0 Å². The summed E-state index contributed by atoms with van der Waals surface area (Å²) in [7, 11) is -4.57. The predicted octanol–water partition coefficient (Wildman–Crippen LogP) is 1.07. The van der Waals surface area contributed by atoms with Crippen LogP contribution < -0.4 is 0 Å². The quantitative estimate of drug-likeness (QED) is 0.406. The second kappa shape index (κ2) is 6.59. The Morgan fingerprint density at radius 2 is 2.05 bits per heavy atom. The van der Waals surface area contributed by atoms with Crippen molar-refractivity contribution in [3.63, 3.8) is 0 Å². The van der Waals surface area contributed by atoms with E-state index in [0.29, 0.717) is 12.3 Å². The lowest BCUT2D eigenvalue weighted by molar-refractivity contribution is 0.0728. The van der Waals surface area contributed by atoms with E-state index in [1.54, 1.807) is 0 Å². The Bertz CT molecular complexity index is 495. The Morgan fingerprint density at radius 1 is 1.37 bits per heavy atom. The van der Waals surface area contributed by atoms with Crippen LogP contribution in [0, 0.1) is 0 Å². The lowest BCUT2D eigenvalue weighted by Gasteiger charge is -2.15. The van der Waals surface area contributed by atoms with E-state index in [1.165, 1.54) is 10.9 Å². The summed E-state index contributed by atoms with van der Waals surface area (Å²) in [5, 5.41) is 7.55. The summed E-state index contributed by atoms with van der Waals surface area (Å²) in [5.74, 6) is 0. The minimum Gasteiger partial charge on any atom is -0.359 e. The summed E-state index contributed by atoms with van der Waals surface area (Å²) in [6.45, 7) is 7.67. The fraction of sp³-hybridized carbons (Fsp3) is 0.800. The van der Waals surface area contributed by atoms with Crippen LogP contribution in [0.4, 0.5) is 0 Å². The van der Waals surface area contributed by atoms with Gasteiger partial charge in [-0.1, -0.05) is 24.9 Å². The minimum absolute atomic E-state index is 0.0801. The zero-order chi connectivity index (χ0) is 14.5. The van der Waals surface area contributed by atoms with Gasteiger partial charge in [-0.2, -0.15) is 8.42 Å². The van der Waals surface area contributed by atoms with Gasteiger partial charge in [-0.15, -0.1) is 5.10 Å². The Kier molecular flexibility index (Phi) is 5.65. The van der Waals surface area contributed by atoms with E-state index in [-0.39, 0.29) is 13.3 Å². The van der Waals surface area contributed by atoms with E-state index in [2.05, 4.69) is 30.0 Å². The van der Waals surface area contributed by atoms with E-state index in [1.807, 2.05) is 0 Å². The maximum Gasteiger partial charge on any atom is 0.264 e. The fourth-order valence-corrected chi connectivity index (χ4v) is 2.29. The van der Waals surface area contributed by atoms with Crippen molar-refractivity contribution >= 4 is 18.2 Å². The predicted molar refractivity (Wildman–Crippen MR) is 73.8 cm³/mol. The smallest absolute Gasteiger partial charge is 0.264 e. The third kappa shape index (κ3) is 7.40. The molecule has 0 saturated carbocycles. The average Bonchev–Trinajstić information content (AvgIpc) is 2.66. The Hall–Kier alpha value is -0.773. The van der Waals surface area contributed by atoms with Crippen LogP contribution in [-0.2, 0) is 32.4 Å². The van der Waals surface area contributed by atoms with Gasteiger partial charge in [0, 0.05) is 14.7 Å². The van der Waals surface area contributed by atoms with Gasteiger partial charge in [-0.05, 0) is 6.04 Å². The van der Waals surface area contributed by atoms with Crippen LogP contribution >= 0.6 is 0 Å². The molecule has 0 radical (unpaired) electrons. The number of aromatic nitrogens is 3. The maximum atomic E-state index is 10.9. The van der Waals surface area contributed by atoms with E-state index in [0.717, 1.165) is 12.3 Å². The van der Waals surface area contributed by atoms with Crippen molar-refractivity contribution in [2.75, 3.05) is 12.9 Å². The van der Waals surface area contributed by atoms with E-state index < -0.39 is 18.2 Å². The van der Waals surface area contributed by atoms with Gasteiger partial charge in [0.15, 0.2) is 0 Å². The monoisotopic (exact) mass is 307 g/mol. The molecule has 7 nitrogen and oxygen atoms in total. The molecule has 1 aromatic heterocycles. The molecular formula is C10H21N3O4SSi. The van der Waals surface area contributed by atoms with Crippen molar-refractivity contribution in [2.45, 2.75) is 39.0 Å².